The standard InChI is InChI=1S/C13H10F6N2O3/c14-12(15,16)6-3-8(13(17,18)19)7(5-10(22)23)9(4-6)21-2-1-20-11(21)24/h3-4H,1-2,5H2,(H,20,24)(H,22,23). The molecule has 1 heterocycles. The number of hydrogen-bond donors (Lipinski definition) is 2. The number of carbonyl (C=O) groups excluding carboxylic acids is 1. The van der Waals surface area contributed by atoms with Crippen LogP contribution in [-0.2, 0) is 23.6 Å². The van der Waals surface area contributed by atoms with E-state index in [9.17, 15) is 35.9 Å². The van der Waals surface area contributed by atoms with Crippen molar-refractivity contribution < 1.29 is 41.0 Å². The second-order valence-electron chi connectivity index (χ2n) is 4.97. The van der Waals surface area contributed by atoms with Crippen LogP contribution in [0, 0.1) is 0 Å². The molecule has 1 aliphatic rings. The summed E-state index contributed by atoms with van der Waals surface area (Å²) in [5, 5.41) is 11.1. The van der Waals surface area contributed by atoms with Crippen LogP contribution in [0.1, 0.15) is 16.7 Å². The first kappa shape index (κ1) is 17.9. The molecule has 0 bridgehead atoms. The van der Waals surface area contributed by atoms with Crippen LogP contribution < -0.4 is 10.2 Å². The maximum atomic E-state index is 13.2. The summed E-state index contributed by atoms with van der Waals surface area (Å²) in [6.07, 6.45) is -11.5. The number of benzene rings is 1. The van der Waals surface area contributed by atoms with Gasteiger partial charge in [-0.15, -0.1) is 0 Å². The predicted molar refractivity (Wildman–Crippen MR) is 68.5 cm³/mol. The van der Waals surface area contributed by atoms with Gasteiger partial charge in [-0.1, -0.05) is 0 Å². The zero-order chi connectivity index (χ0) is 18.3. The Kier molecular flexibility index (Phi) is 4.38. The second kappa shape index (κ2) is 5.87. The average Bonchev–Trinajstić information content (AvgIpc) is 2.81. The normalized spacial score (nSPS) is 15.6. The Bertz CT molecular complexity index is 684. The van der Waals surface area contributed by atoms with E-state index in [0.717, 1.165) is 0 Å². The van der Waals surface area contributed by atoms with Crippen molar-refractivity contribution in [2.45, 2.75) is 18.8 Å². The van der Waals surface area contributed by atoms with Crippen LogP contribution in [0.5, 0.6) is 0 Å². The third kappa shape index (κ3) is 3.54. The fourth-order valence-corrected chi connectivity index (χ4v) is 2.35. The minimum absolute atomic E-state index is 0.0168. The average molecular weight is 356 g/mol. The van der Waals surface area contributed by atoms with Crippen LogP contribution in [0.2, 0.25) is 0 Å². The summed E-state index contributed by atoms with van der Waals surface area (Å²) in [7, 11) is 0. The van der Waals surface area contributed by atoms with Crippen molar-refractivity contribution in [1.82, 2.24) is 5.32 Å². The van der Waals surface area contributed by atoms with Gasteiger partial charge in [-0.3, -0.25) is 9.69 Å². The van der Waals surface area contributed by atoms with Crippen LogP contribution in [0.4, 0.5) is 36.8 Å². The van der Waals surface area contributed by atoms with Gasteiger partial charge in [0, 0.05) is 13.1 Å². The molecule has 1 fully saturated rings. The zero-order valence-corrected chi connectivity index (χ0v) is 11.8. The molecule has 0 unspecified atom stereocenters. The fourth-order valence-electron chi connectivity index (χ4n) is 2.35. The lowest BCUT2D eigenvalue weighted by Gasteiger charge is -2.23. The molecule has 5 nitrogen and oxygen atoms in total. The van der Waals surface area contributed by atoms with Gasteiger partial charge in [-0.05, 0) is 17.7 Å². The molecule has 0 spiro atoms. The molecule has 2 N–H and O–H groups in total. The van der Waals surface area contributed by atoms with E-state index >= 15 is 0 Å². The number of hydrogen-bond acceptors (Lipinski definition) is 2. The third-order valence-corrected chi connectivity index (χ3v) is 3.33. The number of carboxylic acid groups (broad SMARTS) is 1. The molecule has 1 aromatic carbocycles. The Hall–Kier alpha value is -2.46. The molecule has 0 aromatic heterocycles. The maximum absolute atomic E-state index is 13.2. The number of nitrogens with zero attached hydrogens (tertiary/aromatic N) is 1. The molecule has 1 aliphatic heterocycles. The van der Waals surface area contributed by atoms with Crippen LogP contribution in [-0.4, -0.2) is 30.2 Å². The van der Waals surface area contributed by atoms with Crippen molar-refractivity contribution in [1.29, 1.82) is 0 Å². The van der Waals surface area contributed by atoms with E-state index < -0.39 is 53.2 Å². The second-order valence-corrected chi connectivity index (χ2v) is 4.97. The van der Waals surface area contributed by atoms with Crippen LogP contribution >= 0.6 is 0 Å². The Morgan fingerprint density at radius 1 is 1.17 bits per heavy atom. The minimum atomic E-state index is -5.21. The zero-order valence-electron chi connectivity index (χ0n) is 11.8. The summed E-state index contributed by atoms with van der Waals surface area (Å²) < 4.78 is 78.2. The largest absolute Gasteiger partial charge is 0.481 e. The maximum Gasteiger partial charge on any atom is 0.416 e. The Morgan fingerprint density at radius 3 is 2.21 bits per heavy atom. The van der Waals surface area contributed by atoms with E-state index in [4.69, 9.17) is 5.11 Å². The van der Waals surface area contributed by atoms with Gasteiger partial charge < -0.3 is 10.4 Å². The van der Waals surface area contributed by atoms with E-state index in [0.29, 0.717) is 11.0 Å². The van der Waals surface area contributed by atoms with E-state index in [2.05, 4.69) is 5.32 Å². The fraction of sp³-hybridized carbons (Fsp3) is 0.385. The van der Waals surface area contributed by atoms with Gasteiger partial charge in [0.15, 0.2) is 0 Å². The summed E-state index contributed by atoms with van der Waals surface area (Å²) in [6, 6.07) is -0.678. The topological polar surface area (TPSA) is 69.6 Å². The lowest BCUT2D eigenvalue weighted by atomic mass is 9.97. The summed E-state index contributed by atoms with van der Waals surface area (Å²) in [5.74, 6) is -1.67. The molecular formula is C13H10F6N2O3. The number of carbonyl (C=O) groups is 2. The third-order valence-electron chi connectivity index (χ3n) is 3.33. The number of amides is 2. The van der Waals surface area contributed by atoms with Crippen molar-refractivity contribution in [3.05, 3.63) is 28.8 Å². The highest BCUT2D eigenvalue weighted by Crippen LogP contribution is 2.42. The summed E-state index contributed by atoms with van der Waals surface area (Å²) in [6.45, 7) is -0.160. The van der Waals surface area contributed by atoms with Gasteiger partial charge in [-0.2, -0.15) is 26.3 Å². The van der Waals surface area contributed by atoms with Gasteiger partial charge in [-0.25, -0.2) is 4.79 Å². The molecule has 0 atom stereocenters. The molecule has 1 saturated heterocycles. The Morgan fingerprint density at radius 2 is 1.79 bits per heavy atom. The first-order valence-electron chi connectivity index (χ1n) is 6.49. The number of alkyl halides is 6. The molecule has 0 saturated carbocycles. The lowest BCUT2D eigenvalue weighted by Crippen LogP contribution is -2.30. The monoisotopic (exact) mass is 356 g/mol. The van der Waals surface area contributed by atoms with E-state index in [-0.39, 0.29) is 19.2 Å². The van der Waals surface area contributed by atoms with Crippen molar-refractivity contribution in [3.63, 3.8) is 0 Å². The van der Waals surface area contributed by atoms with Crippen molar-refractivity contribution >= 4 is 17.7 Å². The molecule has 132 valence electrons. The highest BCUT2D eigenvalue weighted by atomic mass is 19.4. The van der Waals surface area contributed by atoms with E-state index in [1.165, 1.54) is 0 Å². The first-order chi connectivity index (χ1) is 10.9. The summed E-state index contributed by atoms with van der Waals surface area (Å²) in [4.78, 5) is 23.2. The molecular weight excluding hydrogens is 346 g/mol. The molecule has 1 aromatic rings. The van der Waals surface area contributed by atoms with Gasteiger partial charge in [0.25, 0.3) is 0 Å². The molecule has 2 rings (SSSR count). The van der Waals surface area contributed by atoms with E-state index in [1.807, 2.05) is 0 Å². The molecule has 11 heteroatoms. The molecule has 2 amide bonds. The number of nitrogens with one attached hydrogen (secondary N) is 1. The van der Waals surface area contributed by atoms with Crippen LogP contribution in [0.15, 0.2) is 12.1 Å². The highest BCUT2D eigenvalue weighted by molar-refractivity contribution is 5.96. The minimum Gasteiger partial charge on any atom is -0.481 e. The number of urea groups is 1. The quantitative estimate of drug-likeness (QED) is 0.819. The summed E-state index contributed by atoms with van der Waals surface area (Å²) in [5.41, 5.74) is -4.94. The highest BCUT2D eigenvalue weighted by Gasteiger charge is 2.41. The van der Waals surface area contributed by atoms with Crippen LogP contribution in [0.3, 0.4) is 0 Å². The number of halogens is 6. The van der Waals surface area contributed by atoms with Crippen molar-refractivity contribution in [3.8, 4) is 0 Å². The molecule has 0 radical (unpaired) electrons. The Balaban J connectivity index is 2.76. The first-order valence-corrected chi connectivity index (χ1v) is 6.49. The number of aliphatic carboxylic acids is 1. The Labute approximate surface area is 130 Å². The van der Waals surface area contributed by atoms with Gasteiger partial charge in [0.1, 0.15) is 0 Å². The van der Waals surface area contributed by atoms with Crippen molar-refractivity contribution in [2.75, 3.05) is 18.0 Å². The molecule has 24 heavy (non-hydrogen) atoms. The smallest absolute Gasteiger partial charge is 0.416 e. The number of rotatable bonds is 3. The summed E-state index contributed by atoms with van der Waals surface area (Å²) >= 11 is 0. The number of anilines is 1. The van der Waals surface area contributed by atoms with Crippen LogP contribution in [0.25, 0.3) is 0 Å². The predicted octanol–water partition coefficient (Wildman–Crippen LogP) is 2.88. The van der Waals surface area contributed by atoms with Gasteiger partial charge in [0.05, 0.1) is 23.2 Å². The number of carboxylic acids is 1. The SMILES string of the molecule is O=C(O)Cc1c(N2CCNC2=O)cc(C(F)(F)F)cc1C(F)(F)F. The van der Waals surface area contributed by atoms with E-state index in [1.54, 1.807) is 0 Å². The molecule has 0 aliphatic carbocycles. The van der Waals surface area contributed by atoms with Gasteiger partial charge in [0.2, 0.25) is 0 Å². The van der Waals surface area contributed by atoms with Crippen molar-refractivity contribution in [2.24, 2.45) is 0 Å². The van der Waals surface area contributed by atoms with Gasteiger partial charge >= 0.3 is 24.4 Å². The lowest BCUT2D eigenvalue weighted by molar-refractivity contribution is -0.143.